The molecule has 26 heavy (non-hydrogen) atoms. The van der Waals surface area contributed by atoms with E-state index >= 15 is 0 Å². The third-order valence-corrected chi connectivity index (χ3v) is 3.92. The molecule has 10 heteroatoms. The Labute approximate surface area is 145 Å². The van der Waals surface area contributed by atoms with Crippen LogP contribution in [0.4, 0.5) is 13.2 Å². The van der Waals surface area contributed by atoms with Crippen molar-refractivity contribution in [2.45, 2.75) is 33.1 Å². The maximum atomic E-state index is 14.0. The van der Waals surface area contributed by atoms with Gasteiger partial charge in [-0.15, -0.1) is 0 Å². The normalized spacial score (nSPS) is 12.7. The van der Waals surface area contributed by atoms with Gasteiger partial charge in [0.05, 0.1) is 12.6 Å². The maximum absolute atomic E-state index is 14.0. The van der Waals surface area contributed by atoms with Gasteiger partial charge < -0.3 is 14.8 Å². The molecule has 0 bridgehead atoms. The lowest BCUT2D eigenvalue weighted by Gasteiger charge is -2.15. The fraction of sp³-hybridized carbons (Fsp3) is 0.312. The van der Waals surface area contributed by atoms with Crippen molar-refractivity contribution >= 4 is 11.0 Å². The van der Waals surface area contributed by atoms with Crippen LogP contribution in [0, 0.1) is 12.7 Å². The summed E-state index contributed by atoms with van der Waals surface area (Å²) in [5, 5.41) is 13.8. The number of aliphatic hydroxyl groups is 1. The molecule has 0 amide bonds. The first kappa shape index (κ1) is 17.9. The molecular formula is C16H15F3N4O3. The summed E-state index contributed by atoms with van der Waals surface area (Å²) in [6.45, 7) is -0.334. The lowest BCUT2D eigenvalue weighted by molar-refractivity contribution is -0.0522. The van der Waals surface area contributed by atoms with Gasteiger partial charge in [0.2, 0.25) is 0 Å². The van der Waals surface area contributed by atoms with E-state index in [1.165, 1.54) is 10.7 Å². The van der Waals surface area contributed by atoms with Gasteiger partial charge in [-0.1, -0.05) is 6.07 Å². The number of nitrogens with one attached hydrogen (secondary N) is 1. The van der Waals surface area contributed by atoms with Gasteiger partial charge in [0.15, 0.2) is 17.2 Å². The van der Waals surface area contributed by atoms with Gasteiger partial charge >= 0.3 is 6.61 Å². The van der Waals surface area contributed by atoms with Crippen molar-refractivity contribution in [2.24, 2.45) is 0 Å². The largest absolute Gasteiger partial charge is 0.432 e. The number of alkyl halides is 2. The van der Waals surface area contributed by atoms with E-state index < -0.39 is 36.4 Å². The highest BCUT2D eigenvalue weighted by atomic mass is 19.3. The van der Waals surface area contributed by atoms with Crippen molar-refractivity contribution in [2.75, 3.05) is 0 Å². The monoisotopic (exact) mass is 368 g/mol. The first-order valence-corrected chi connectivity index (χ1v) is 7.65. The Hall–Kier alpha value is -2.88. The predicted octanol–water partition coefficient (Wildman–Crippen LogP) is 2.27. The van der Waals surface area contributed by atoms with Crippen molar-refractivity contribution in [1.82, 2.24) is 19.7 Å². The summed E-state index contributed by atoms with van der Waals surface area (Å²) in [4.78, 5) is 18.9. The molecule has 1 aromatic carbocycles. The number of nitrogens with zero attached hydrogens (tertiary/aromatic N) is 3. The first-order chi connectivity index (χ1) is 12.3. The zero-order chi connectivity index (χ0) is 19.0. The first-order valence-electron chi connectivity index (χ1n) is 7.65. The van der Waals surface area contributed by atoms with E-state index in [9.17, 15) is 23.1 Å². The van der Waals surface area contributed by atoms with Crippen LogP contribution in [0.15, 0.2) is 23.0 Å². The number of ether oxygens (including phenoxy) is 1. The van der Waals surface area contributed by atoms with E-state index in [0.29, 0.717) is 11.4 Å². The number of benzene rings is 1. The molecule has 0 saturated heterocycles. The molecule has 0 aliphatic rings. The number of hydrogen-bond donors (Lipinski definition) is 2. The quantitative estimate of drug-likeness (QED) is 0.721. The number of aliphatic hydroxyl groups excluding tert-OH is 1. The Morgan fingerprint density at radius 2 is 2.12 bits per heavy atom. The third-order valence-electron chi connectivity index (χ3n) is 3.92. The zero-order valence-electron chi connectivity index (χ0n) is 13.8. The molecule has 2 aromatic heterocycles. The van der Waals surface area contributed by atoms with Crippen LogP contribution in [0.25, 0.3) is 11.0 Å². The van der Waals surface area contributed by atoms with E-state index in [1.54, 1.807) is 13.8 Å². The van der Waals surface area contributed by atoms with Gasteiger partial charge in [-0.25, -0.2) is 14.1 Å². The van der Waals surface area contributed by atoms with Crippen molar-refractivity contribution in [3.05, 3.63) is 51.5 Å². The van der Waals surface area contributed by atoms with E-state index in [-0.39, 0.29) is 16.7 Å². The van der Waals surface area contributed by atoms with Crippen LogP contribution in [0.3, 0.4) is 0 Å². The number of aromatic nitrogens is 4. The molecule has 0 spiro atoms. The van der Waals surface area contributed by atoms with E-state index in [0.717, 1.165) is 12.1 Å². The Balaban J connectivity index is 2.09. The summed E-state index contributed by atoms with van der Waals surface area (Å²) < 4.78 is 44.0. The summed E-state index contributed by atoms with van der Waals surface area (Å²) in [5.41, 5.74) is 0.328. The zero-order valence-corrected chi connectivity index (χ0v) is 13.8. The van der Waals surface area contributed by atoms with Gasteiger partial charge in [-0.3, -0.25) is 4.79 Å². The summed E-state index contributed by atoms with van der Waals surface area (Å²) >= 11 is 0. The lowest BCUT2D eigenvalue weighted by Crippen LogP contribution is -2.13. The minimum absolute atomic E-state index is 0.138. The molecule has 7 nitrogen and oxygen atoms in total. The molecule has 0 fully saturated rings. The summed E-state index contributed by atoms with van der Waals surface area (Å²) in [7, 11) is 0. The molecule has 138 valence electrons. The Morgan fingerprint density at radius 3 is 2.73 bits per heavy atom. The van der Waals surface area contributed by atoms with Crippen LogP contribution in [0.2, 0.25) is 0 Å². The van der Waals surface area contributed by atoms with Gasteiger partial charge in [0.25, 0.3) is 5.56 Å². The van der Waals surface area contributed by atoms with Crippen molar-refractivity contribution in [3.63, 3.8) is 0 Å². The minimum atomic E-state index is -3.13. The van der Waals surface area contributed by atoms with E-state index in [4.69, 9.17) is 0 Å². The SMILES string of the molecule is Cc1nc2c(c(CO)nn2[C@H](C)c2ccc(OC(F)F)c(F)c2)c(=O)[nH]1. The van der Waals surface area contributed by atoms with E-state index in [2.05, 4.69) is 19.8 Å². The molecule has 2 heterocycles. The second-order valence-electron chi connectivity index (χ2n) is 5.64. The molecule has 0 radical (unpaired) electrons. The average Bonchev–Trinajstić information content (AvgIpc) is 2.94. The fourth-order valence-electron chi connectivity index (χ4n) is 2.71. The predicted molar refractivity (Wildman–Crippen MR) is 85.7 cm³/mol. The topological polar surface area (TPSA) is 93.0 Å². The Morgan fingerprint density at radius 1 is 1.38 bits per heavy atom. The molecule has 3 rings (SSSR count). The van der Waals surface area contributed by atoms with Crippen LogP contribution < -0.4 is 10.3 Å². The molecule has 3 aromatic rings. The van der Waals surface area contributed by atoms with Gasteiger partial charge in [0.1, 0.15) is 16.9 Å². The standard InChI is InChI=1S/C16H15F3N4O3/c1-7(9-3-4-12(10(17)5-9)26-16(18)19)23-14-13(11(6-24)22-23)15(25)21-8(2)20-14/h3-5,7,16,24H,6H2,1-2H3,(H,20,21,25)/t7-/m1/s1. The van der Waals surface area contributed by atoms with Crippen LogP contribution >= 0.6 is 0 Å². The molecule has 0 unspecified atom stereocenters. The van der Waals surface area contributed by atoms with Crippen LogP contribution in [0.1, 0.15) is 30.0 Å². The summed E-state index contributed by atoms with van der Waals surface area (Å²) in [6.07, 6.45) is 0. The average molecular weight is 368 g/mol. The fourth-order valence-corrected chi connectivity index (χ4v) is 2.71. The van der Waals surface area contributed by atoms with Gasteiger partial charge in [-0.05, 0) is 31.5 Å². The molecule has 0 saturated carbocycles. The summed E-state index contributed by atoms with van der Waals surface area (Å²) in [5.74, 6) is -1.16. The van der Waals surface area contributed by atoms with Crippen molar-refractivity contribution in [1.29, 1.82) is 0 Å². The third kappa shape index (κ3) is 3.15. The van der Waals surface area contributed by atoms with E-state index in [1.807, 2.05) is 0 Å². The molecule has 0 aliphatic heterocycles. The number of H-pyrrole nitrogens is 1. The highest BCUT2D eigenvalue weighted by molar-refractivity contribution is 5.77. The lowest BCUT2D eigenvalue weighted by atomic mass is 10.1. The number of aryl methyl sites for hydroxylation is 1. The second-order valence-corrected chi connectivity index (χ2v) is 5.64. The minimum Gasteiger partial charge on any atom is -0.432 e. The molecule has 0 aliphatic carbocycles. The number of halogens is 3. The highest BCUT2D eigenvalue weighted by Crippen LogP contribution is 2.27. The van der Waals surface area contributed by atoms with Crippen LogP contribution in [0.5, 0.6) is 5.75 Å². The summed E-state index contributed by atoms with van der Waals surface area (Å²) in [6, 6.07) is 2.98. The number of hydrogen-bond acceptors (Lipinski definition) is 5. The molecule has 1 atom stereocenters. The van der Waals surface area contributed by atoms with Gasteiger partial charge in [0, 0.05) is 0 Å². The van der Waals surface area contributed by atoms with Crippen molar-refractivity contribution in [3.8, 4) is 5.75 Å². The Kier molecular flexibility index (Phi) is 4.68. The van der Waals surface area contributed by atoms with Crippen LogP contribution in [-0.2, 0) is 6.61 Å². The van der Waals surface area contributed by atoms with Crippen LogP contribution in [-0.4, -0.2) is 31.5 Å². The maximum Gasteiger partial charge on any atom is 0.387 e. The second kappa shape index (κ2) is 6.79. The number of rotatable bonds is 5. The van der Waals surface area contributed by atoms with Crippen molar-refractivity contribution < 1.29 is 23.0 Å². The molecular weight excluding hydrogens is 353 g/mol. The Bertz CT molecular complexity index is 1020. The van der Waals surface area contributed by atoms with Gasteiger partial charge in [-0.2, -0.15) is 13.9 Å². The highest BCUT2D eigenvalue weighted by Gasteiger charge is 2.21. The number of aromatic amines is 1. The molecule has 2 N–H and O–H groups in total. The smallest absolute Gasteiger partial charge is 0.387 e. The number of fused-ring (bicyclic) bond motifs is 1.